The highest BCUT2D eigenvalue weighted by molar-refractivity contribution is 7.47. The molecule has 0 aliphatic heterocycles. The molecule has 0 aliphatic carbocycles. The molecule has 0 radical (unpaired) electrons. The number of ether oxygens (including phenoxy) is 4. The summed E-state index contributed by atoms with van der Waals surface area (Å²) in [5.41, 5.74) is 0. The van der Waals surface area contributed by atoms with Crippen molar-refractivity contribution in [2.24, 2.45) is 17.8 Å². The molecule has 3 N–H and O–H groups in total. The average molecular weight is 1350 g/mol. The topological polar surface area (TPSA) is 237 Å². The minimum Gasteiger partial charge on any atom is -0.462 e. The van der Waals surface area contributed by atoms with E-state index in [0.717, 1.165) is 127 Å². The van der Waals surface area contributed by atoms with Crippen LogP contribution in [0.3, 0.4) is 0 Å². The van der Waals surface area contributed by atoms with Crippen LogP contribution in [0.25, 0.3) is 0 Å². The highest BCUT2D eigenvalue weighted by atomic mass is 31.2. The fraction of sp³-hybridized carbons (Fsp3) is 0.890. The van der Waals surface area contributed by atoms with Crippen molar-refractivity contribution < 1.29 is 80.2 Å². The van der Waals surface area contributed by atoms with Gasteiger partial charge in [0.2, 0.25) is 0 Å². The lowest BCUT2D eigenvalue weighted by atomic mass is 9.99. The Morgan fingerprint density at radius 3 is 0.967 bits per heavy atom. The first-order chi connectivity index (χ1) is 44.3. The van der Waals surface area contributed by atoms with Crippen LogP contribution in [0.2, 0.25) is 0 Å². The Morgan fingerprint density at radius 1 is 0.359 bits per heavy atom. The second kappa shape index (κ2) is 63.3. The van der Waals surface area contributed by atoms with Gasteiger partial charge in [-0.05, 0) is 69.1 Å². The van der Waals surface area contributed by atoms with Crippen LogP contribution in [0, 0.1) is 17.8 Å². The molecule has 0 saturated carbocycles. The highest BCUT2D eigenvalue weighted by Crippen LogP contribution is 2.45. The molecule has 0 aromatic carbocycles. The van der Waals surface area contributed by atoms with E-state index in [1.54, 1.807) is 0 Å². The van der Waals surface area contributed by atoms with Gasteiger partial charge in [0.25, 0.3) is 0 Å². The van der Waals surface area contributed by atoms with Gasteiger partial charge in [0.05, 0.1) is 26.4 Å². The molecule has 19 heteroatoms. The summed E-state index contributed by atoms with van der Waals surface area (Å²) < 4.78 is 68.3. The van der Waals surface area contributed by atoms with Crippen molar-refractivity contribution in [3.8, 4) is 0 Å². The number of hydrogen-bond donors (Lipinski definition) is 3. The van der Waals surface area contributed by atoms with E-state index in [1.807, 2.05) is 0 Å². The Morgan fingerprint density at radius 2 is 0.641 bits per heavy atom. The smallest absolute Gasteiger partial charge is 0.462 e. The fourth-order valence-corrected chi connectivity index (χ4v) is 12.0. The van der Waals surface area contributed by atoms with Gasteiger partial charge < -0.3 is 33.8 Å². The molecule has 92 heavy (non-hydrogen) atoms. The first kappa shape index (κ1) is 89.5. The summed E-state index contributed by atoms with van der Waals surface area (Å²) in [7, 11) is -9.92. The summed E-state index contributed by atoms with van der Waals surface area (Å²) in [6.07, 6.45) is 50.9. The van der Waals surface area contributed by atoms with Gasteiger partial charge in [-0.1, -0.05) is 291 Å². The summed E-state index contributed by atoms with van der Waals surface area (Å²) in [5.74, 6) is 0.0929. The number of esters is 4. The van der Waals surface area contributed by atoms with Crippen molar-refractivity contribution >= 4 is 39.5 Å². The van der Waals surface area contributed by atoms with Crippen LogP contribution in [0.5, 0.6) is 0 Å². The maximum absolute atomic E-state index is 13.0. The molecular weight excluding hydrogens is 1210 g/mol. The van der Waals surface area contributed by atoms with Crippen molar-refractivity contribution in [1.29, 1.82) is 0 Å². The Labute approximate surface area is 561 Å². The van der Waals surface area contributed by atoms with Gasteiger partial charge in [0, 0.05) is 25.7 Å². The normalized spacial score (nSPS) is 14.9. The van der Waals surface area contributed by atoms with Crippen LogP contribution in [0.1, 0.15) is 344 Å². The first-order valence-electron chi connectivity index (χ1n) is 37.2. The van der Waals surface area contributed by atoms with Crippen molar-refractivity contribution in [2.45, 2.75) is 362 Å². The summed E-state index contributed by atoms with van der Waals surface area (Å²) in [4.78, 5) is 72.6. The second-order valence-corrected chi connectivity index (χ2v) is 29.5. The van der Waals surface area contributed by atoms with Crippen LogP contribution in [-0.4, -0.2) is 96.7 Å². The summed E-state index contributed by atoms with van der Waals surface area (Å²) in [5, 5.41) is 10.6. The van der Waals surface area contributed by atoms with Crippen LogP contribution < -0.4 is 0 Å². The van der Waals surface area contributed by atoms with Crippen molar-refractivity contribution in [2.75, 3.05) is 39.6 Å². The monoisotopic (exact) mass is 1350 g/mol. The Kier molecular flexibility index (Phi) is 61.6. The van der Waals surface area contributed by atoms with Crippen molar-refractivity contribution in [3.63, 3.8) is 0 Å². The molecule has 0 bridgehead atoms. The third-order valence-electron chi connectivity index (χ3n) is 17.0. The van der Waals surface area contributed by atoms with Gasteiger partial charge in [-0.15, -0.1) is 0 Å². The zero-order valence-corrected chi connectivity index (χ0v) is 61.3. The maximum atomic E-state index is 13.0. The van der Waals surface area contributed by atoms with Crippen LogP contribution in [-0.2, 0) is 65.4 Å². The quantitative estimate of drug-likeness (QED) is 0.0169. The molecule has 0 aromatic rings. The third kappa shape index (κ3) is 63.6. The number of unbranched alkanes of at least 4 members (excludes halogenated alkanes) is 32. The molecule has 0 aromatic heterocycles. The molecular formula is C73H138O17P2. The zero-order valence-electron chi connectivity index (χ0n) is 59.5. The molecule has 17 nitrogen and oxygen atoms in total. The van der Waals surface area contributed by atoms with Crippen molar-refractivity contribution in [1.82, 2.24) is 0 Å². The molecule has 0 saturated heterocycles. The highest BCUT2D eigenvalue weighted by Gasteiger charge is 2.30. The first-order valence-corrected chi connectivity index (χ1v) is 40.2. The zero-order chi connectivity index (χ0) is 68.0. The van der Waals surface area contributed by atoms with Gasteiger partial charge in [-0.2, -0.15) is 0 Å². The maximum Gasteiger partial charge on any atom is 0.472 e. The van der Waals surface area contributed by atoms with Gasteiger partial charge >= 0.3 is 39.5 Å². The van der Waals surface area contributed by atoms with Gasteiger partial charge in [0.15, 0.2) is 12.2 Å². The summed E-state index contributed by atoms with van der Waals surface area (Å²) in [6, 6.07) is 0. The minimum absolute atomic E-state index is 0.0835. The average Bonchev–Trinajstić information content (AvgIpc) is 1.62. The number of aliphatic hydroxyl groups is 1. The Balaban J connectivity index is 5.25. The largest absolute Gasteiger partial charge is 0.472 e. The molecule has 4 unspecified atom stereocenters. The molecule has 7 atom stereocenters. The molecule has 0 heterocycles. The van der Waals surface area contributed by atoms with Crippen LogP contribution in [0.4, 0.5) is 0 Å². The molecule has 0 spiro atoms. The number of allylic oxidation sites excluding steroid dienone is 4. The number of aliphatic hydroxyl groups excluding tert-OH is 1. The van der Waals surface area contributed by atoms with E-state index >= 15 is 0 Å². The minimum atomic E-state index is -4.96. The predicted octanol–water partition coefficient (Wildman–Crippen LogP) is 20.6. The molecule has 542 valence electrons. The lowest BCUT2D eigenvalue weighted by molar-refractivity contribution is -0.161. The SMILES string of the molecule is CCCCCC/C=C\C=C/CCCCCCCC(=O)O[C@H](COC(=O)CCCCCCCCC(C)C)COP(=O)(O)OC[C@@H](O)COP(=O)(O)OC[C@@H](COC(=O)CCCCCCCCC(C)CC)OC(=O)CCCCCCCCCCCCCCCCC(C)CC. The van der Waals surface area contributed by atoms with E-state index in [-0.39, 0.29) is 25.7 Å². The van der Waals surface area contributed by atoms with Crippen LogP contribution in [0.15, 0.2) is 24.3 Å². The van der Waals surface area contributed by atoms with E-state index in [0.29, 0.717) is 31.6 Å². The van der Waals surface area contributed by atoms with Crippen LogP contribution >= 0.6 is 15.6 Å². The lowest BCUT2D eigenvalue weighted by Gasteiger charge is -2.21. The number of carbonyl (C=O) groups excluding carboxylic acids is 4. The van der Waals surface area contributed by atoms with Gasteiger partial charge in [0.1, 0.15) is 19.3 Å². The number of phosphoric ester groups is 2. The number of hydrogen-bond acceptors (Lipinski definition) is 15. The van der Waals surface area contributed by atoms with E-state index < -0.39 is 97.5 Å². The standard InChI is InChI=1S/C73H138O17P2/c1-8-11-12-13-14-15-16-17-18-22-25-28-31-42-49-56-72(77)89-68(60-83-70(75)54-47-40-35-33-37-44-51-64(4)5)62-87-91(79,80)85-58-67(74)59-86-92(81,82)88-63-69(61-84-71(76)55-48-41-36-34-39-46-53-66(7)10-3)90-73(78)57-50-43-32-29-26-23-20-19-21-24-27-30-38-45-52-65(6)9-2/h15-18,64-69,74H,8-14,19-63H2,1-7H3,(H,79,80)(H,81,82)/b16-15-,18-17-/t65?,66?,67-,68-,69-/m1/s1. The molecule has 0 fully saturated rings. The van der Waals surface area contributed by atoms with E-state index in [1.165, 1.54) is 128 Å². The van der Waals surface area contributed by atoms with E-state index in [4.69, 9.17) is 37.0 Å². The second-order valence-electron chi connectivity index (χ2n) is 26.6. The number of phosphoric acid groups is 2. The molecule has 0 rings (SSSR count). The fourth-order valence-electron chi connectivity index (χ4n) is 10.5. The summed E-state index contributed by atoms with van der Waals surface area (Å²) >= 11 is 0. The summed E-state index contributed by atoms with van der Waals surface area (Å²) in [6.45, 7) is 11.7. The number of carbonyl (C=O) groups is 4. The molecule has 0 amide bonds. The van der Waals surface area contributed by atoms with Gasteiger partial charge in [-0.3, -0.25) is 37.3 Å². The third-order valence-corrected chi connectivity index (χ3v) is 18.9. The van der Waals surface area contributed by atoms with E-state index in [9.17, 15) is 43.2 Å². The number of rotatable bonds is 69. The van der Waals surface area contributed by atoms with E-state index in [2.05, 4.69) is 72.8 Å². The Bertz CT molecular complexity index is 1900. The van der Waals surface area contributed by atoms with Gasteiger partial charge in [-0.25, -0.2) is 9.13 Å². The van der Waals surface area contributed by atoms with Crippen molar-refractivity contribution in [3.05, 3.63) is 24.3 Å². The Hall–Kier alpha value is -2.46. The molecule has 0 aliphatic rings. The predicted molar refractivity (Wildman–Crippen MR) is 372 cm³/mol. The lowest BCUT2D eigenvalue weighted by Crippen LogP contribution is -2.30.